The molecule has 3 heterocycles. The van der Waals surface area contributed by atoms with E-state index in [2.05, 4.69) is 20.4 Å². The van der Waals surface area contributed by atoms with Crippen LogP contribution in [0.3, 0.4) is 0 Å². The van der Waals surface area contributed by atoms with Crippen LogP contribution in [0.15, 0.2) is 34.4 Å². The van der Waals surface area contributed by atoms with Crippen molar-refractivity contribution in [3.8, 4) is 17.0 Å². The summed E-state index contributed by atoms with van der Waals surface area (Å²) in [4.78, 5) is 33.1. The number of aryl methyl sites for hydroxylation is 2. The molecule has 0 saturated carbocycles. The second kappa shape index (κ2) is 7.92. The van der Waals surface area contributed by atoms with Crippen molar-refractivity contribution in [1.29, 1.82) is 0 Å². The van der Waals surface area contributed by atoms with Crippen molar-refractivity contribution in [2.75, 3.05) is 12.4 Å². The largest absolute Gasteiger partial charge is 0.495 e. The highest BCUT2D eigenvalue weighted by Crippen LogP contribution is 2.31. The summed E-state index contributed by atoms with van der Waals surface area (Å²) >= 11 is 7.51. The van der Waals surface area contributed by atoms with E-state index >= 15 is 0 Å². The summed E-state index contributed by atoms with van der Waals surface area (Å²) in [5.74, 6) is 0.370. The zero-order valence-corrected chi connectivity index (χ0v) is 18.0. The minimum absolute atomic E-state index is 0.115. The first kappa shape index (κ1) is 20.1. The number of aromatic nitrogens is 4. The number of ether oxygens (including phenoxy) is 1. The third-order valence-corrected chi connectivity index (χ3v) is 5.79. The van der Waals surface area contributed by atoms with E-state index in [1.165, 1.54) is 17.4 Å². The van der Waals surface area contributed by atoms with Crippen LogP contribution in [0, 0.1) is 13.8 Å². The van der Waals surface area contributed by atoms with E-state index < -0.39 is 0 Å². The molecule has 30 heavy (non-hydrogen) atoms. The summed E-state index contributed by atoms with van der Waals surface area (Å²) in [6.45, 7) is 3.66. The Morgan fingerprint density at radius 2 is 2.10 bits per heavy atom. The molecule has 0 spiro atoms. The first-order valence-corrected chi connectivity index (χ1v) is 10.3. The number of methoxy groups -OCH3 is 1. The number of thiazole rings is 1. The summed E-state index contributed by atoms with van der Waals surface area (Å²) in [5, 5.41) is 8.34. The zero-order chi connectivity index (χ0) is 21.4. The first-order valence-electron chi connectivity index (χ1n) is 9.03. The molecule has 0 aliphatic heterocycles. The van der Waals surface area contributed by atoms with Gasteiger partial charge in [-0.3, -0.25) is 14.7 Å². The molecule has 154 valence electrons. The molecule has 10 heteroatoms. The fraction of sp³-hybridized carbons (Fsp3) is 0.200. The molecule has 0 fully saturated rings. The minimum Gasteiger partial charge on any atom is -0.495 e. The van der Waals surface area contributed by atoms with Crippen molar-refractivity contribution < 1.29 is 9.53 Å². The number of halogens is 1. The Bertz CT molecular complexity index is 1320. The van der Waals surface area contributed by atoms with Gasteiger partial charge < -0.3 is 10.1 Å². The molecule has 0 atom stereocenters. The highest BCUT2D eigenvalue weighted by atomic mass is 35.5. The fourth-order valence-electron chi connectivity index (χ4n) is 3.22. The molecular formula is C20H18ClN5O3S. The highest BCUT2D eigenvalue weighted by molar-refractivity contribution is 7.14. The van der Waals surface area contributed by atoms with Crippen molar-refractivity contribution >= 4 is 39.6 Å². The van der Waals surface area contributed by atoms with E-state index in [4.69, 9.17) is 16.3 Å². The number of fused-ring (bicyclic) bond motifs is 1. The zero-order valence-electron chi connectivity index (χ0n) is 16.4. The Hall–Kier alpha value is -3.17. The second-order valence-corrected chi connectivity index (χ2v) is 7.95. The lowest BCUT2D eigenvalue weighted by Gasteiger charge is -2.11. The molecule has 1 amide bonds. The molecule has 2 N–H and O–H groups in total. The lowest BCUT2D eigenvalue weighted by molar-refractivity contribution is -0.115. The quantitative estimate of drug-likeness (QED) is 0.490. The van der Waals surface area contributed by atoms with Gasteiger partial charge in [0.2, 0.25) is 5.91 Å². The van der Waals surface area contributed by atoms with E-state index in [1.807, 2.05) is 25.3 Å². The third kappa shape index (κ3) is 3.81. The number of anilines is 1. The van der Waals surface area contributed by atoms with Crippen LogP contribution in [-0.4, -0.2) is 32.6 Å². The van der Waals surface area contributed by atoms with E-state index in [0.29, 0.717) is 32.9 Å². The lowest BCUT2D eigenvalue weighted by atomic mass is 10.1. The Morgan fingerprint density at radius 1 is 1.30 bits per heavy atom. The monoisotopic (exact) mass is 443 g/mol. The number of aromatic amines is 1. The molecule has 8 nitrogen and oxygen atoms in total. The number of hydrogen-bond acceptors (Lipinski definition) is 6. The van der Waals surface area contributed by atoms with Gasteiger partial charge in [0.15, 0.2) is 10.8 Å². The lowest BCUT2D eigenvalue weighted by Crippen LogP contribution is -2.17. The molecule has 4 aromatic rings. The van der Waals surface area contributed by atoms with E-state index in [-0.39, 0.29) is 17.9 Å². The highest BCUT2D eigenvalue weighted by Gasteiger charge is 2.16. The molecule has 0 bridgehead atoms. The number of nitrogens with one attached hydrogen (secondary N) is 2. The van der Waals surface area contributed by atoms with Crippen LogP contribution in [0.1, 0.15) is 17.0 Å². The predicted molar refractivity (Wildman–Crippen MR) is 117 cm³/mol. The van der Waals surface area contributed by atoms with Gasteiger partial charge in [0.1, 0.15) is 5.75 Å². The molecule has 0 aliphatic carbocycles. The maximum atomic E-state index is 12.6. The average Bonchev–Trinajstić information content (AvgIpc) is 3.31. The van der Waals surface area contributed by atoms with Crippen LogP contribution in [0.4, 0.5) is 5.13 Å². The van der Waals surface area contributed by atoms with Crippen LogP contribution >= 0.6 is 22.9 Å². The molecular weight excluding hydrogens is 426 g/mol. The number of nitrogens with zero attached hydrogens (tertiary/aromatic N) is 3. The summed E-state index contributed by atoms with van der Waals surface area (Å²) in [7, 11) is 1.56. The summed E-state index contributed by atoms with van der Waals surface area (Å²) in [6, 6.07) is 6.82. The predicted octanol–water partition coefficient (Wildman–Crippen LogP) is 3.61. The third-order valence-electron chi connectivity index (χ3n) is 4.74. The van der Waals surface area contributed by atoms with E-state index in [1.54, 1.807) is 23.8 Å². The van der Waals surface area contributed by atoms with Crippen molar-refractivity contribution in [3.05, 3.63) is 62.0 Å². The fourth-order valence-corrected chi connectivity index (χ4v) is 4.22. The van der Waals surface area contributed by atoms with Gasteiger partial charge in [-0.05, 0) is 32.0 Å². The molecule has 0 aliphatic rings. The first-order chi connectivity index (χ1) is 14.4. The molecule has 4 rings (SSSR count). The Balaban J connectivity index is 1.52. The van der Waals surface area contributed by atoms with Gasteiger partial charge in [-0.15, -0.1) is 11.3 Å². The molecule has 3 aromatic heterocycles. The summed E-state index contributed by atoms with van der Waals surface area (Å²) < 4.78 is 6.75. The van der Waals surface area contributed by atoms with Gasteiger partial charge in [-0.25, -0.2) is 14.5 Å². The van der Waals surface area contributed by atoms with Crippen LogP contribution in [-0.2, 0) is 11.2 Å². The van der Waals surface area contributed by atoms with Gasteiger partial charge in [-0.2, -0.15) is 0 Å². The SMILES string of the molecule is COc1ccc(-c2csc(NC(=O)Cc3c(C)nc4cc(=O)[nH]n4c3C)n2)cc1Cl. The minimum atomic E-state index is -0.236. The summed E-state index contributed by atoms with van der Waals surface area (Å²) in [6.07, 6.45) is 0.115. The number of amides is 1. The molecule has 0 radical (unpaired) electrons. The van der Waals surface area contributed by atoms with Crippen molar-refractivity contribution in [1.82, 2.24) is 19.6 Å². The number of benzene rings is 1. The second-order valence-electron chi connectivity index (χ2n) is 6.69. The Labute approximate surface area is 180 Å². The number of hydrogen-bond donors (Lipinski definition) is 2. The standard InChI is InChI=1S/C20H18ClN5O3S/c1-10-13(11(2)26-17(22-10)8-19(28)25-26)7-18(27)24-20-23-15(9-30-20)12-4-5-16(29-3)14(21)6-12/h4-6,8-9H,7H2,1-3H3,(H,25,28)(H,23,24,27). The number of rotatable bonds is 5. The molecule has 1 aromatic carbocycles. The topological polar surface area (TPSA) is 101 Å². The number of carbonyl (C=O) groups is 1. The Morgan fingerprint density at radius 3 is 2.83 bits per heavy atom. The van der Waals surface area contributed by atoms with Crippen molar-refractivity contribution in [3.63, 3.8) is 0 Å². The van der Waals surface area contributed by atoms with Crippen LogP contribution < -0.4 is 15.6 Å². The van der Waals surface area contributed by atoms with Gasteiger partial charge in [0, 0.05) is 34.0 Å². The van der Waals surface area contributed by atoms with Crippen molar-refractivity contribution in [2.45, 2.75) is 20.3 Å². The smallest absolute Gasteiger partial charge is 0.266 e. The average molecular weight is 444 g/mol. The number of H-pyrrole nitrogens is 1. The van der Waals surface area contributed by atoms with E-state index in [0.717, 1.165) is 16.8 Å². The van der Waals surface area contributed by atoms with Gasteiger partial charge in [-0.1, -0.05) is 11.6 Å². The summed E-state index contributed by atoms with van der Waals surface area (Å²) in [5.41, 5.74) is 4.06. The van der Waals surface area contributed by atoms with Crippen LogP contribution in [0.25, 0.3) is 16.9 Å². The van der Waals surface area contributed by atoms with Crippen LogP contribution in [0.5, 0.6) is 5.75 Å². The molecule has 0 saturated heterocycles. The van der Waals surface area contributed by atoms with Gasteiger partial charge in [0.25, 0.3) is 5.56 Å². The van der Waals surface area contributed by atoms with Gasteiger partial charge in [0.05, 0.1) is 24.2 Å². The van der Waals surface area contributed by atoms with Gasteiger partial charge >= 0.3 is 0 Å². The maximum Gasteiger partial charge on any atom is 0.266 e. The van der Waals surface area contributed by atoms with Crippen molar-refractivity contribution in [2.24, 2.45) is 0 Å². The maximum absolute atomic E-state index is 12.6. The van der Waals surface area contributed by atoms with Crippen LogP contribution in [0.2, 0.25) is 5.02 Å². The van der Waals surface area contributed by atoms with E-state index in [9.17, 15) is 9.59 Å². The normalized spacial score (nSPS) is 11.1. The Kier molecular flexibility index (Phi) is 5.31. The molecule has 0 unspecified atom stereocenters. The number of carbonyl (C=O) groups excluding carboxylic acids is 1.